The molecule has 2 aromatic heterocycles. The third kappa shape index (κ3) is 4.72. The molecule has 0 spiro atoms. The number of esters is 2. The minimum Gasteiger partial charge on any atom is -0.457 e. The Morgan fingerprint density at radius 1 is 1.25 bits per heavy atom. The van der Waals surface area contributed by atoms with Crippen molar-refractivity contribution in [1.82, 2.24) is 9.78 Å². The Hall–Kier alpha value is -2.38. The molecule has 8 heteroatoms. The summed E-state index contributed by atoms with van der Waals surface area (Å²) < 4.78 is 12.1. The number of hydrogen-bond acceptors (Lipinski definition) is 6. The van der Waals surface area contributed by atoms with E-state index in [0.29, 0.717) is 16.4 Å². The van der Waals surface area contributed by atoms with Gasteiger partial charge in [-0.2, -0.15) is 5.10 Å². The van der Waals surface area contributed by atoms with E-state index in [2.05, 4.69) is 5.10 Å². The van der Waals surface area contributed by atoms with Crippen molar-refractivity contribution in [1.29, 1.82) is 0 Å². The van der Waals surface area contributed by atoms with Gasteiger partial charge in [0.1, 0.15) is 15.3 Å². The summed E-state index contributed by atoms with van der Waals surface area (Å²) in [6, 6.07) is 9.30. The second-order valence-electron chi connectivity index (χ2n) is 7.33. The van der Waals surface area contributed by atoms with Crippen LogP contribution < -0.4 is 0 Å². The summed E-state index contributed by atoms with van der Waals surface area (Å²) in [4.78, 5) is 25.3. The van der Waals surface area contributed by atoms with Gasteiger partial charge in [-0.15, -0.1) is 11.3 Å². The molecule has 0 atom stereocenters. The number of aromatic nitrogens is 2. The zero-order chi connectivity index (χ0) is 20.5. The number of thiophene rings is 1. The van der Waals surface area contributed by atoms with Gasteiger partial charge in [0.15, 0.2) is 6.61 Å². The Balaban J connectivity index is 1.76. The van der Waals surface area contributed by atoms with Crippen LogP contribution >= 0.6 is 22.9 Å². The molecule has 28 heavy (non-hydrogen) atoms. The van der Waals surface area contributed by atoms with Crippen LogP contribution in [0.3, 0.4) is 0 Å². The van der Waals surface area contributed by atoms with E-state index >= 15 is 0 Å². The molecule has 0 saturated heterocycles. The van der Waals surface area contributed by atoms with Gasteiger partial charge in [-0.05, 0) is 45.4 Å². The molecule has 0 aliphatic carbocycles. The van der Waals surface area contributed by atoms with Crippen LogP contribution in [0.25, 0.3) is 10.2 Å². The van der Waals surface area contributed by atoms with Gasteiger partial charge in [0, 0.05) is 10.4 Å². The Morgan fingerprint density at radius 3 is 2.64 bits per heavy atom. The van der Waals surface area contributed by atoms with Crippen LogP contribution in [0, 0.1) is 6.92 Å². The van der Waals surface area contributed by atoms with Crippen LogP contribution in [0.5, 0.6) is 0 Å². The van der Waals surface area contributed by atoms with Crippen molar-refractivity contribution in [2.24, 2.45) is 0 Å². The molecule has 0 saturated carbocycles. The zero-order valence-electron chi connectivity index (χ0n) is 16.1. The molecule has 0 N–H and O–H groups in total. The minimum absolute atomic E-state index is 0.409. The molecule has 1 aromatic carbocycles. The lowest BCUT2D eigenvalue weighted by molar-refractivity contribution is -0.158. The fourth-order valence-corrected chi connectivity index (χ4v) is 3.93. The summed E-state index contributed by atoms with van der Waals surface area (Å²) in [6.07, 6.45) is 0. The number of nitrogens with zero attached hydrogens (tertiary/aromatic N) is 2. The van der Waals surface area contributed by atoms with E-state index in [-0.39, 0.29) is 0 Å². The lowest BCUT2D eigenvalue weighted by Crippen LogP contribution is -2.27. The fourth-order valence-electron chi connectivity index (χ4n) is 2.67. The maximum Gasteiger partial charge on any atom is 0.348 e. The van der Waals surface area contributed by atoms with E-state index in [1.54, 1.807) is 26.8 Å². The van der Waals surface area contributed by atoms with Crippen molar-refractivity contribution < 1.29 is 19.1 Å². The third-order valence-corrected chi connectivity index (χ3v) is 5.32. The summed E-state index contributed by atoms with van der Waals surface area (Å²) >= 11 is 7.52. The number of halogens is 1. The van der Waals surface area contributed by atoms with E-state index < -0.39 is 24.1 Å². The van der Waals surface area contributed by atoms with Crippen LogP contribution in [0.15, 0.2) is 30.3 Å². The molecule has 0 radical (unpaired) electrons. The van der Waals surface area contributed by atoms with Crippen LogP contribution in [0.1, 0.15) is 41.7 Å². The predicted molar refractivity (Wildman–Crippen MR) is 109 cm³/mol. The van der Waals surface area contributed by atoms with E-state index in [0.717, 1.165) is 21.5 Å². The van der Waals surface area contributed by atoms with Gasteiger partial charge in [0.2, 0.25) is 0 Å². The third-order valence-electron chi connectivity index (χ3n) is 3.83. The van der Waals surface area contributed by atoms with Gasteiger partial charge in [0.05, 0.1) is 12.2 Å². The summed E-state index contributed by atoms with van der Waals surface area (Å²) in [5, 5.41) is 6.08. The van der Waals surface area contributed by atoms with Crippen molar-refractivity contribution in [3.05, 3.63) is 51.5 Å². The molecule has 0 unspecified atom stereocenters. The molecule has 0 fully saturated rings. The van der Waals surface area contributed by atoms with Crippen molar-refractivity contribution >= 4 is 45.1 Å². The quantitative estimate of drug-likeness (QED) is 0.564. The highest BCUT2D eigenvalue weighted by molar-refractivity contribution is 7.20. The van der Waals surface area contributed by atoms with Crippen molar-refractivity contribution in [2.75, 3.05) is 6.61 Å². The predicted octanol–water partition coefficient (Wildman–Crippen LogP) is 4.61. The first-order valence-electron chi connectivity index (χ1n) is 8.73. The lowest BCUT2D eigenvalue weighted by atomic mass is 10.2. The number of carbonyl (C=O) groups excluding carboxylic acids is 2. The number of fused-ring (bicyclic) bond motifs is 1. The van der Waals surface area contributed by atoms with E-state index in [9.17, 15) is 9.59 Å². The molecular weight excluding hydrogens is 400 g/mol. The van der Waals surface area contributed by atoms with Crippen molar-refractivity contribution in [3.8, 4) is 0 Å². The molecule has 0 bridgehead atoms. The second kappa shape index (κ2) is 7.93. The first-order valence-corrected chi connectivity index (χ1v) is 9.93. The van der Waals surface area contributed by atoms with E-state index in [4.69, 9.17) is 21.1 Å². The lowest BCUT2D eigenvalue weighted by Gasteiger charge is -2.19. The largest absolute Gasteiger partial charge is 0.457 e. The summed E-state index contributed by atoms with van der Waals surface area (Å²) in [5.74, 6) is -1.14. The summed E-state index contributed by atoms with van der Waals surface area (Å²) in [7, 11) is 0. The molecule has 148 valence electrons. The van der Waals surface area contributed by atoms with Gasteiger partial charge in [-0.3, -0.25) is 4.68 Å². The first-order chi connectivity index (χ1) is 13.1. The maximum atomic E-state index is 12.3. The van der Waals surface area contributed by atoms with Crippen LogP contribution in [0.2, 0.25) is 5.02 Å². The van der Waals surface area contributed by atoms with Gasteiger partial charge < -0.3 is 9.47 Å². The van der Waals surface area contributed by atoms with E-state index in [1.165, 1.54) is 11.3 Å². The van der Waals surface area contributed by atoms with Gasteiger partial charge in [-0.25, -0.2) is 9.59 Å². The Kier molecular flexibility index (Phi) is 5.76. The highest BCUT2D eigenvalue weighted by atomic mass is 35.5. The first kappa shape index (κ1) is 20.4. The van der Waals surface area contributed by atoms with Crippen LogP contribution in [-0.4, -0.2) is 33.9 Å². The van der Waals surface area contributed by atoms with Crippen molar-refractivity contribution in [2.45, 2.75) is 39.8 Å². The SMILES string of the molecule is Cc1nn(Cc2ccccc2Cl)c2sc(C(=O)OCC(=O)OC(C)(C)C)cc12. The number of aryl methyl sites for hydroxylation is 1. The fraction of sp³-hybridized carbons (Fsp3) is 0.350. The molecule has 3 rings (SSSR count). The Labute approximate surface area is 172 Å². The van der Waals surface area contributed by atoms with Gasteiger partial charge in [0.25, 0.3) is 0 Å². The molecule has 6 nitrogen and oxygen atoms in total. The molecule has 0 aliphatic rings. The Morgan fingerprint density at radius 2 is 1.96 bits per heavy atom. The van der Waals surface area contributed by atoms with Gasteiger partial charge in [-0.1, -0.05) is 29.8 Å². The van der Waals surface area contributed by atoms with E-state index in [1.807, 2.05) is 35.9 Å². The topological polar surface area (TPSA) is 70.4 Å². The number of rotatable bonds is 5. The number of hydrogen-bond donors (Lipinski definition) is 0. The molecule has 0 amide bonds. The molecular formula is C20H21ClN2O4S. The average molecular weight is 421 g/mol. The molecule has 3 aromatic rings. The number of ether oxygens (including phenoxy) is 2. The summed E-state index contributed by atoms with van der Waals surface area (Å²) in [6.45, 7) is 7.23. The number of benzene rings is 1. The standard InChI is InChI=1S/C20H21ClN2O4S/c1-12-14-9-16(19(25)26-11-17(24)27-20(2,3)4)28-18(14)23(22-12)10-13-7-5-6-8-15(13)21/h5-9H,10-11H2,1-4H3. The maximum absolute atomic E-state index is 12.3. The Bertz CT molecular complexity index is 1030. The average Bonchev–Trinajstić information content (AvgIpc) is 3.15. The normalized spacial score (nSPS) is 11.6. The van der Waals surface area contributed by atoms with Crippen LogP contribution in [-0.2, 0) is 20.8 Å². The smallest absolute Gasteiger partial charge is 0.348 e. The minimum atomic E-state index is -0.625. The second-order valence-corrected chi connectivity index (χ2v) is 8.76. The molecule has 0 aliphatic heterocycles. The monoisotopic (exact) mass is 420 g/mol. The zero-order valence-corrected chi connectivity index (χ0v) is 17.7. The number of carbonyl (C=O) groups is 2. The summed E-state index contributed by atoms with van der Waals surface area (Å²) in [5.41, 5.74) is 1.13. The highest BCUT2D eigenvalue weighted by Crippen LogP contribution is 2.30. The van der Waals surface area contributed by atoms with Gasteiger partial charge >= 0.3 is 11.9 Å². The van der Waals surface area contributed by atoms with Crippen LogP contribution in [0.4, 0.5) is 0 Å². The molecule has 2 heterocycles. The van der Waals surface area contributed by atoms with Crippen molar-refractivity contribution in [3.63, 3.8) is 0 Å². The highest BCUT2D eigenvalue weighted by Gasteiger charge is 2.21.